The number of Topliss-reactive ketones (excluding diaryl/α,β-unsaturated/α-hetero) is 1. The molecule has 0 saturated carbocycles. The zero-order chi connectivity index (χ0) is 19.8. The maximum Gasteiger partial charge on any atom is 0.435 e. The number of rotatable bonds is 5. The van der Waals surface area contributed by atoms with E-state index in [0.29, 0.717) is 29.3 Å². The Kier molecular flexibility index (Phi) is 7.43. The first-order valence-electron chi connectivity index (χ1n) is 8.45. The molecule has 7 heteroatoms. The zero-order valence-corrected chi connectivity index (χ0v) is 16.4. The quantitative estimate of drug-likeness (QED) is 0.344. The smallest absolute Gasteiger partial charge is 0.435 e. The highest BCUT2D eigenvalue weighted by molar-refractivity contribution is 8.13. The molecular formula is C20H23N3O3S. The Morgan fingerprint density at radius 1 is 1.22 bits per heavy atom. The number of carbonyl (C=O) groups excluding carboxylic acids is 2. The van der Waals surface area contributed by atoms with Crippen molar-refractivity contribution in [1.29, 1.82) is 0 Å². The van der Waals surface area contributed by atoms with Gasteiger partial charge in [0.25, 0.3) is 0 Å². The van der Waals surface area contributed by atoms with Crippen molar-refractivity contribution in [1.82, 2.24) is 0 Å². The van der Waals surface area contributed by atoms with Crippen molar-refractivity contribution in [3.8, 4) is 0 Å². The zero-order valence-electron chi connectivity index (χ0n) is 15.6. The summed E-state index contributed by atoms with van der Waals surface area (Å²) in [6.45, 7) is 1.84. The Hall–Kier alpha value is -2.80. The standard InChI is InChI=1S/C20H23N3O3S/c1-4-18(24)17-9-8-16(22-19(27-3)23-20(25)26-2)12-14(17)10-13-6-5-7-15(21)11-13/h5-9,11-12H,4,10,21H2,1-3H3,(H,22,23,25). The van der Waals surface area contributed by atoms with Gasteiger partial charge in [-0.1, -0.05) is 30.8 Å². The van der Waals surface area contributed by atoms with E-state index in [1.165, 1.54) is 18.9 Å². The number of ketones is 1. The van der Waals surface area contributed by atoms with Crippen molar-refractivity contribution in [3.05, 3.63) is 59.2 Å². The number of thioether (sulfide) groups is 1. The van der Waals surface area contributed by atoms with E-state index in [2.05, 4.69) is 15.0 Å². The fourth-order valence-electron chi connectivity index (χ4n) is 2.58. The number of nitrogens with zero attached hydrogens (tertiary/aromatic N) is 1. The summed E-state index contributed by atoms with van der Waals surface area (Å²) >= 11 is 1.29. The number of nitrogens with one attached hydrogen (secondary N) is 1. The number of nitrogen functional groups attached to an aromatic ring is 1. The van der Waals surface area contributed by atoms with E-state index in [1.807, 2.05) is 37.3 Å². The predicted octanol–water partition coefficient (Wildman–Crippen LogP) is 4.35. The van der Waals surface area contributed by atoms with E-state index in [-0.39, 0.29) is 5.78 Å². The predicted molar refractivity (Wildman–Crippen MR) is 112 cm³/mol. The molecule has 2 aromatic carbocycles. The van der Waals surface area contributed by atoms with Crippen LogP contribution in [0.4, 0.5) is 16.2 Å². The van der Waals surface area contributed by atoms with Crippen molar-refractivity contribution in [2.24, 2.45) is 4.99 Å². The van der Waals surface area contributed by atoms with Crippen LogP contribution >= 0.6 is 11.8 Å². The van der Waals surface area contributed by atoms with Gasteiger partial charge in [-0.05, 0) is 54.1 Å². The van der Waals surface area contributed by atoms with Gasteiger partial charge in [-0.25, -0.2) is 4.79 Å². The van der Waals surface area contributed by atoms with E-state index >= 15 is 0 Å². The normalized spacial score (nSPS) is 11.1. The maximum absolute atomic E-state index is 12.3. The SMILES string of the molecule is CCC(=O)c1ccc(NC(=NC(=O)OC)SC)cc1Cc1cccc(N)c1. The lowest BCUT2D eigenvalue weighted by molar-refractivity contribution is 0.0987. The number of benzene rings is 2. The second kappa shape index (κ2) is 9.78. The van der Waals surface area contributed by atoms with Gasteiger partial charge in [-0.2, -0.15) is 4.99 Å². The van der Waals surface area contributed by atoms with Gasteiger partial charge in [0.1, 0.15) is 0 Å². The van der Waals surface area contributed by atoms with Crippen molar-refractivity contribution in [2.75, 3.05) is 24.4 Å². The second-order valence-electron chi connectivity index (χ2n) is 5.79. The molecule has 0 saturated heterocycles. The number of hydrogen-bond donors (Lipinski definition) is 2. The Bertz CT molecular complexity index is 865. The Balaban J connectivity index is 2.37. The molecule has 0 fully saturated rings. The number of nitrogens with two attached hydrogens (primary N) is 1. The van der Waals surface area contributed by atoms with Crippen LogP contribution in [0.5, 0.6) is 0 Å². The molecule has 0 atom stereocenters. The van der Waals surface area contributed by atoms with Crippen molar-refractivity contribution < 1.29 is 14.3 Å². The third kappa shape index (κ3) is 5.86. The molecular weight excluding hydrogens is 362 g/mol. The lowest BCUT2D eigenvalue weighted by Crippen LogP contribution is -2.12. The number of amides is 1. The first kappa shape index (κ1) is 20.5. The summed E-state index contributed by atoms with van der Waals surface area (Å²) in [6, 6.07) is 13.1. The lowest BCUT2D eigenvalue weighted by atomic mass is 9.95. The highest BCUT2D eigenvalue weighted by Gasteiger charge is 2.12. The van der Waals surface area contributed by atoms with E-state index in [1.54, 1.807) is 18.4 Å². The lowest BCUT2D eigenvalue weighted by Gasteiger charge is -2.13. The number of anilines is 2. The van der Waals surface area contributed by atoms with Crippen LogP contribution in [-0.2, 0) is 11.2 Å². The Morgan fingerprint density at radius 3 is 2.63 bits per heavy atom. The first-order valence-corrected chi connectivity index (χ1v) is 9.67. The van der Waals surface area contributed by atoms with Gasteiger partial charge in [-0.3, -0.25) is 4.79 Å². The van der Waals surface area contributed by atoms with Crippen LogP contribution in [0, 0.1) is 0 Å². The molecule has 142 valence electrons. The molecule has 0 aliphatic heterocycles. The fraction of sp³-hybridized carbons (Fsp3) is 0.250. The van der Waals surface area contributed by atoms with Crippen LogP contribution in [0.15, 0.2) is 47.5 Å². The minimum Gasteiger partial charge on any atom is -0.451 e. The topological polar surface area (TPSA) is 93.8 Å². The van der Waals surface area contributed by atoms with Crippen LogP contribution in [0.2, 0.25) is 0 Å². The molecule has 0 aliphatic carbocycles. The van der Waals surface area contributed by atoms with Gasteiger partial charge in [0, 0.05) is 23.4 Å². The number of ether oxygens (including phenoxy) is 1. The Labute approximate surface area is 163 Å². The maximum atomic E-state index is 12.3. The number of hydrogen-bond acceptors (Lipinski definition) is 5. The van der Waals surface area contributed by atoms with E-state index in [9.17, 15) is 9.59 Å². The molecule has 1 amide bonds. The average molecular weight is 385 g/mol. The van der Waals surface area contributed by atoms with E-state index < -0.39 is 6.09 Å². The van der Waals surface area contributed by atoms with Crippen molar-refractivity contribution in [3.63, 3.8) is 0 Å². The molecule has 0 radical (unpaired) electrons. The van der Waals surface area contributed by atoms with Gasteiger partial charge < -0.3 is 15.8 Å². The molecule has 2 rings (SSSR count). The summed E-state index contributed by atoms with van der Waals surface area (Å²) in [5, 5.41) is 3.50. The molecule has 6 nitrogen and oxygen atoms in total. The fourth-order valence-corrected chi connectivity index (χ4v) is 2.97. The molecule has 27 heavy (non-hydrogen) atoms. The Morgan fingerprint density at radius 2 is 2.00 bits per heavy atom. The minimum atomic E-state index is -0.676. The summed E-state index contributed by atoms with van der Waals surface area (Å²) in [4.78, 5) is 27.5. The summed E-state index contributed by atoms with van der Waals surface area (Å²) in [7, 11) is 1.28. The van der Waals surface area contributed by atoms with Crippen LogP contribution in [0.25, 0.3) is 0 Å². The third-order valence-corrected chi connectivity index (χ3v) is 4.46. The molecule has 0 heterocycles. The van der Waals surface area contributed by atoms with Crippen LogP contribution in [-0.4, -0.2) is 30.4 Å². The van der Waals surface area contributed by atoms with Gasteiger partial charge >= 0.3 is 6.09 Å². The third-order valence-electron chi connectivity index (χ3n) is 3.88. The van der Waals surface area contributed by atoms with Crippen LogP contribution in [0.1, 0.15) is 34.8 Å². The van der Waals surface area contributed by atoms with Crippen molar-refractivity contribution in [2.45, 2.75) is 19.8 Å². The average Bonchev–Trinajstić information content (AvgIpc) is 2.67. The molecule has 0 aliphatic rings. The number of methoxy groups -OCH3 is 1. The minimum absolute atomic E-state index is 0.0776. The van der Waals surface area contributed by atoms with E-state index in [4.69, 9.17) is 5.73 Å². The molecule has 0 unspecified atom stereocenters. The monoisotopic (exact) mass is 385 g/mol. The summed E-state index contributed by atoms with van der Waals surface area (Å²) < 4.78 is 4.56. The van der Waals surface area contributed by atoms with Crippen molar-refractivity contribution >= 4 is 40.2 Å². The van der Waals surface area contributed by atoms with Crippen LogP contribution in [0.3, 0.4) is 0 Å². The molecule has 0 bridgehead atoms. The molecule has 0 spiro atoms. The highest BCUT2D eigenvalue weighted by Crippen LogP contribution is 2.22. The van der Waals surface area contributed by atoms with Gasteiger partial charge in [0.05, 0.1) is 7.11 Å². The summed E-state index contributed by atoms with van der Waals surface area (Å²) in [6.07, 6.45) is 2.13. The first-order chi connectivity index (χ1) is 13.0. The largest absolute Gasteiger partial charge is 0.451 e. The van der Waals surface area contributed by atoms with Gasteiger partial charge in [0.2, 0.25) is 0 Å². The second-order valence-corrected chi connectivity index (χ2v) is 6.58. The molecule has 2 aromatic rings. The van der Waals surface area contributed by atoms with Gasteiger partial charge in [0.15, 0.2) is 11.0 Å². The number of amidine groups is 1. The molecule has 0 aromatic heterocycles. The molecule has 3 N–H and O–H groups in total. The number of aliphatic imine (C=N–C) groups is 1. The van der Waals surface area contributed by atoms with E-state index in [0.717, 1.165) is 16.8 Å². The summed E-state index contributed by atoms with van der Waals surface area (Å²) in [5.74, 6) is 0.0776. The van der Waals surface area contributed by atoms with Gasteiger partial charge in [-0.15, -0.1) is 0 Å². The van der Waals surface area contributed by atoms with Crippen LogP contribution < -0.4 is 11.1 Å². The highest BCUT2D eigenvalue weighted by atomic mass is 32.2. The summed E-state index contributed by atoms with van der Waals surface area (Å²) in [5.41, 5.74) is 9.87. The number of carbonyl (C=O) groups is 2.